The standard InChI is InChI=1S/C18H24N4O2/c1-13-8-18(24-3)5-4-15(13)11-21-6-7-22-17(12-21)9-16(20-22)10-19-14(2)23/h4-5,8-9H,6-7,10-12H2,1-3H3,(H,19,23). The Morgan fingerprint density at radius 2 is 2.17 bits per heavy atom. The molecule has 0 radical (unpaired) electrons. The number of nitrogens with one attached hydrogen (secondary N) is 1. The molecule has 0 bridgehead atoms. The molecule has 6 heteroatoms. The van der Waals surface area contributed by atoms with Crippen LogP contribution in [0, 0.1) is 6.92 Å². The van der Waals surface area contributed by atoms with Crippen molar-refractivity contribution in [2.24, 2.45) is 0 Å². The van der Waals surface area contributed by atoms with Crippen molar-refractivity contribution >= 4 is 5.91 Å². The zero-order valence-corrected chi connectivity index (χ0v) is 14.5. The van der Waals surface area contributed by atoms with Crippen LogP contribution in [0.25, 0.3) is 0 Å². The van der Waals surface area contributed by atoms with Crippen molar-refractivity contribution < 1.29 is 9.53 Å². The second-order valence-corrected chi connectivity index (χ2v) is 6.26. The maximum absolute atomic E-state index is 11.0. The summed E-state index contributed by atoms with van der Waals surface area (Å²) in [5.41, 5.74) is 4.69. The number of carbonyl (C=O) groups is 1. The first-order valence-electron chi connectivity index (χ1n) is 8.21. The molecule has 3 rings (SSSR count). The molecule has 1 aliphatic rings. The summed E-state index contributed by atoms with van der Waals surface area (Å²) < 4.78 is 7.32. The number of benzene rings is 1. The summed E-state index contributed by atoms with van der Waals surface area (Å²) in [5, 5.41) is 7.36. The van der Waals surface area contributed by atoms with Gasteiger partial charge in [0.05, 0.1) is 31.6 Å². The van der Waals surface area contributed by atoms with E-state index in [4.69, 9.17) is 4.74 Å². The first-order chi connectivity index (χ1) is 11.5. The van der Waals surface area contributed by atoms with Crippen LogP contribution in [0.3, 0.4) is 0 Å². The molecule has 0 fully saturated rings. The predicted octanol–water partition coefficient (Wildman–Crippen LogP) is 1.85. The third-order valence-electron chi connectivity index (χ3n) is 4.39. The van der Waals surface area contributed by atoms with Crippen LogP contribution in [0.1, 0.15) is 29.4 Å². The Hall–Kier alpha value is -2.34. The second kappa shape index (κ2) is 7.05. The molecule has 1 aromatic heterocycles. The van der Waals surface area contributed by atoms with Crippen LogP contribution in [0.15, 0.2) is 24.3 Å². The number of carbonyl (C=O) groups excluding carboxylic acids is 1. The van der Waals surface area contributed by atoms with Crippen molar-refractivity contribution in [2.45, 2.75) is 40.0 Å². The van der Waals surface area contributed by atoms with E-state index in [1.807, 2.05) is 6.07 Å². The Labute approximate surface area is 142 Å². The van der Waals surface area contributed by atoms with E-state index in [0.717, 1.165) is 37.6 Å². The summed E-state index contributed by atoms with van der Waals surface area (Å²) in [6.45, 7) is 7.78. The summed E-state index contributed by atoms with van der Waals surface area (Å²) in [5.74, 6) is 0.869. The minimum atomic E-state index is -0.0300. The molecule has 0 atom stereocenters. The molecule has 2 heterocycles. The van der Waals surface area contributed by atoms with Gasteiger partial charge in [-0.2, -0.15) is 5.10 Å². The molecular weight excluding hydrogens is 304 g/mol. The third kappa shape index (κ3) is 3.76. The summed E-state index contributed by atoms with van der Waals surface area (Å²) in [6, 6.07) is 8.32. The smallest absolute Gasteiger partial charge is 0.217 e. The van der Waals surface area contributed by atoms with Crippen molar-refractivity contribution in [2.75, 3.05) is 13.7 Å². The van der Waals surface area contributed by atoms with Crippen molar-refractivity contribution in [3.63, 3.8) is 0 Å². The summed E-state index contributed by atoms with van der Waals surface area (Å²) in [7, 11) is 1.69. The summed E-state index contributed by atoms with van der Waals surface area (Å²) in [4.78, 5) is 13.5. The van der Waals surface area contributed by atoms with Crippen molar-refractivity contribution in [1.82, 2.24) is 20.0 Å². The molecule has 6 nitrogen and oxygen atoms in total. The Bertz CT molecular complexity index is 739. The number of aromatic nitrogens is 2. The highest BCUT2D eigenvalue weighted by Gasteiger charge is 2.19. The Kier molecular flexibility index (Phi) is 4.85. The van der Waals surface area contributed by atoms with Crippen molar-refractivity contribution in [3.05, 3.63) is 46.8 Å². The lowest BCUT2D eigenvalue weighted by Gasteiger charge is -2.28. The van der Waals surface area contributed by atoms with Gasteiger partial charge in [-0.05, 0) is 36.2 Å². The van der Waals surface area contributed by atoms with Gasteiger partial charge in [-0.1, -0.05) is 6.07 Å². The molecule has 0 saturated carbocycles. The van der Waals surface area contributed by atoms with Crippen LogP contribution >= 0.6 is 0 Å². The van der Waals surface area contributed by atoms with Gasteiger partial charge in [0.15, 0.2) is 0 Å². The number of hydrogen-bond acceptors (Lipinski definition) is 4. The van der Waals surface area contributed by atoms with E-state index in [1.165, 1.54) is 23.7 Å². The molecule has 1 aromatic carbocycles. The van der Waals surface area contributed by atoms with Gasteiger partial charge < -0.3 is 10.1 Å². The Morgan fingerprint density at radius 3 is 2.88 bits per heavy atom. The molecule has 128 valence electrons. The molecule has 1 N–H and O–H groups in total. The fraction of sp³-hybridized carbons (Fsp3) is 0.444. The van der Waals surface area contributed by atoms with Crippen molar-refractivity contribution in [1.29, 1.82) is 0 Å². The molecule has 2 aromatic rings. The van der Waals surface area contributed by atoms with E-state index in [0.29, 0.717) is 6.54 Å². The van der Waals surface area contributed by atoms with E-state index in [1.54, 1.807) is 7.11 Å². The lowest BCUT2D eigenvalue weighted by Crippen LogP contribution is -2.33. The normalized spacial score (nSPS) is 14.3. The first kappa shape index (κ1) is 16.5. The minimum Gasteiger partial charge on any atom is -0.497 e. The predicted molar refractivity (Wildman–Crippen MR) is 91.6 cm³/mol. The lowest BCUT2D eigenvalue weighted by atomic mass is 10.1. The van der Waals surface area contributed by atoms with Gasteiger partial charge in [0.1, 0.15) is 5.75 Å². The van der Waals surface area contributed by atoms with Crippen molar-refractivity contribution in [3.8, 4) is 5.75 Å². The van der Waals surface area contributed by atoms with Crippen LogP contribution in [-0.2, 0) is 31.0 Å². The number of amides is 1. The third-order valence-corrected chi connectivity index (χ3v) is 4.39. The van der Waals surface area contributed by atoms with E-state index < -0.39 is 0 Å². The van der Waals surface area contributed by atoms with E-state index in [9.17, 15) is 4.79 Å². The number of aryl methyl sites for hydroxylation is 1. The number of nitrogens with zero attached hydrogens (tertiary/aromatic N) is 3. The molecule has 0 unspecified atom stereocenters. The quantitative estimate of drug-likeness (QED) is 0.910. The van der Waals surface area contributed by atoms with Gasteiger partial charge in [-0.25, -0.2) is 0 Å². The number of ether oxygens (including phenoxy) is 1. The highest BCUT2D eigenvalue weighted by atomic mass is 16.5. The average molecular weight is 328 g/mol. The highest BCUT2D eigenvalue weighted by Crippen LogP contribution is 2.21. The van der Waals surface area contributed by atoms with Gasteiger partial charge in [0.2, 0.25) is 5.91 Å². The zero-order valence-electron chi connectivity index (χ0n) is 14.5. The van der Waals surface area contributed by atoms with Crippen LogP contribution < -0.4 is 10.1 Å². The monoisotopic (exact) mass is 328 g/mol. The van der Waals surface area contributed by atoms with Crippen LogP contribution in [0.5, 0.6) is 5.75 Å². The first-order valence-corrected chi connectivity index (χ1v) is 8.21. The fourth-order valence-corrected chi connectivity index (χ4v) is 3.03. The van der Waals surface area contributed by atoms with Crippen LogP contribution in [0.4, 0.5) is 0 Å². The number of methoxy groups -OCH3 is 1. The molecule has 0 saturated heterocycles. The molecule has 0 spiro atoms. The van der Waals surface area contributed by atoms with Gasteiger partial charge >= 0.3 is 0 Å². The number of rotatable bonds is 5. The summed E-state index contributed by atoms with van der Waals surface area (Å²) in [6.07, 6.45) is 0. The minimum absolute atomic E-state index is 0.0300. The van der Waals surface area contributed by atoms with Gasteiger partial charge in [-0.15, -0.1) is 0 Å². The molecule has 0 aliphatic carbocycles. The largest absolute Gasteiger partial charge is 0.497 e. The van der Waals surface area contributed by atoms with E-state index in [-0.39, 0.29) is 5.91 Å². The Morgan fingerprint density at radius 1 is 1.33 bits per heavy atom. The van der Waals surface area contributed by atoms with Gasteiger partial charge in [0.25, 0.3) is 0 Å². The molecule has 1 aliphatic heterocycles. The van der Waals surface area contributed by atoms with E-state index >= 15 is 0 Å². The zero-order chi connectivity index (χ0) is 17.1. The Balaban J connectivity index is 1.65. The number of hydrogen-bond donors (Lipinski definition) is 1. The number of fused-ring (bicyclic) bond motifs is 1. The van der Waals surface area contributed by atoms with E-state index in [2.05, 4.69) is 45.1 Å². The molecular formula is C18H24N4O2. The maximum Gasteiger partial charge on any atom is 0.217 e. The summed E-state index contributed by atoms with van der Waals surface area (Å²) >= 11 is 0. The molecule has 24 heavy (non-hydrogen) atoms. The maximum atomic E-state index is 11.0. The van der Waals surface area contributed by atoms with Crippen LogP contribution in [0.2, 0.25) is 0 Å². The average Bonchev–Trinajstić information content (AvgIpc) is 2.97. The molecule has 1 amide bonds. The van der Waals surface area contributed by atoms with Crippen LogP contribution in [-0.4, -0.2) is 34.2 Å². The van der Waals surface area contributed by atoms with Gasteiger partial charge in [-0.3, -0.25) is 14.4 Å². The fourth-order valence-electron chi connectivity index (χ4n) is 3.03. The highest BCUT2D eigenvalue weighted by molar-refractivity contribution is 5.72. The van der Waals surface area contributed by atoms with Gasteiger partial charge in [0, 0.05) is 26.6 Å². The second-order valence-electron chi connectivity index (χ2n) is 6.26. The lowest BCUT2D eigenvalue weighted by molar-refractivity contribution is -0.119. The topological polar surface area (TPSA) is 59.4 Å². The SMILES string of the molecule is COc1ccc(CN2CCn3nc(CNC(C)=O)cc3C2)c(C)c1.